The lowest BCUT2D eigenvalue weighted by molar-refractivity contribution is 0.598. The number of nitrogens with two attached hydrogens (primary N) is 1. The molecule has 2 rings (SSSR count). The summed E-state index contributed by atoms with van der Waals surface area (Å²) < 4.78 is 3.02. The van der Waals surface area contributed by atoms with Crippen LogP contribution in [0.3, 0.4) is 0 Å². The second kappa shape index (κ2) is 5.77. The Morgan fingerprint density at radius 2 is 2.47 bits per heavy atom. The van der Waals surface area contributed by atoms with Crippen molar-refractivity contribution >= 4 is 27.3 Å². The summed E-state index contributed by atoms with van der Waals surface area (Å²) in [6.45, 7) is 3.07. The zero-order valence-electron chi connectivity index (χ0n) is 9.56. The highest BCUT2D eigenvalue weighted by atomic mass is 79.9. The molecule has 2 aromatic heterocycles. The summed E-state index contributed by atoms with van der Waals surface area (Å²) in [5.74, 6) is 5.65. The van der Waals surface area contributed by atoms with E-state index in [4.69, 9.17) is 5.84 Å². The molecule has 0 spiro atoms. The standard InChI is InChI=1S/C11H15BrN4S/c1-2-4-16-7-8(6-14-16)10(15-13)11-9(12)3-5-17-11/h3,5-7,10,15H,2,4,13H2,1H3. The van der Waals surface area contributed by atoms with E-state index in [-0.39, 0.29) is 6.04 Å². The van der Waals surface area contributed by atoms with Crippen LogP contribution in [0.15, 0.2) is 28.3 Å². The average molecular weight is 315 g/mol. The van der Waals surface area contributed by atoms with Gasteiger partial charge in [0.2, 0.25) is 0 Å². The number of nitrogens with zero attached hydrogens (tertiary/aromatic N) is 2. The Morgan fingerprint density at radius 3 is 3.06 bits per heavy atom. The van der Waals surface area contributed by atoms with Crippen LogP contribution in [0.2, 0.25) is 0 Å². The van der Waals surface area contributed by atoms with Crippen molar-refractivity contribution in [2.45, 2.75) is 25.9 Å². The van der Waals surface area contributed by atoms with Gasteiger partial charge in [-0.15, -0.1) is 11.3 Å². The summed E-state index contributed by atoms with van der Waals surface area (Å²) in [5, 5.41) is 6.37. The van der Waals surface area contributed by atoms with Crippen LogP contribution in [0.25, 0.3) is 0 Å². The summed E-state index contributed by atoms with van der Waals surface area (Å²) in [4.78, 5) is 1.17. The Hall–Kier alpha value is -0.690. The predicted molar refractivity (Wildman–Crippen MR) is 73.7 cm³/mol. The molecule has 2 aromatic rings. The number of hydrogen-bond donors (Lipinski definition) is 2. The Kier molecular flexibility index (Phi) is 4.33. The lowest BCUT2D eigenvalue weighted by Gasteiger charge is -2.12. The first-order valence-corrected chi connectivity index (χ1v) is 7.15. The maximum Gasteiger partial charge on any atom is 0.0844 e. The smallest absolute Gasteiger partial charge is 0.0844 e. The van der Waals surface area contributed by atoms with Gasteiger partial charge in [0.05, 0.1) is 12.2 Å². The molecule has 17 heavy (non-hydrogen) atoms. The number of thiophene rings is 1. The van der Waals surface area contributed by atoms with Crippen molar-refractivity contribution in [1.82, 2.24) is 15.2 Å². The number of aryl methyl sites for hydroxylation is 1. The number of rotatable bonds is 5. The maximum atomic E-state index is 5.65. The third-order valence-electron chi connectivity index (χ3n) is 2.51. The van der Waals surface area contributed by atoms with Gasteiger partial charge >= 0.3 is 0 Å². The van der Waals surface area contributed by atoms with Gasteiger partial charge in [-0.2, -0.15) is 5.10 Å². The van der Waals surface area contributed by atoms with Crippen molar-refractivity contribution in [3.05, 3.63) is 38.8 Å². The third kappa shape index (κ3) is 2.77. The number of hydrazine groups is 1. The van der Waals surface area contributed by atoms with E-state index in [1.54, 1.807) is 11.3 Å². The zero-order chi connectivity index (χ0) is 12.3. The summed E-state index contributed by atoms with van der Waals surface area (Å²) in [7, 11) is 0. The number of aromatic nitrogens is 2. The van der Waals surface area contributed by atoms with Crippen molar-refractivity contribution in [3.63, 3.8) is 0 Å². The second-order valence-electron chi connectivity index (χ2n) is 3.77. The van der Waals surface area contributed by atoms with E-state index in [1.165, 1.54) is 4.88 Å². The Balaban J connectivity index is 2.26. The molecule has 0 fully saturated rings. The molecule has 6 heteroatoms. The lowest BCUT2D eigenvalue weighted by atomic mass is 10.1. The molecule has 0 saturated carbocycles. The van der Waals surface area contributed by atoms with Crippen molar-refractivity contribution in [1.29, 1.82) is 0 Å². The average Bonchev–Trinajstić information content (AvgIpc) is 2.92. The summed E-state index contributed by atoms with van der Waals surface area (Å²) in [6.07, 6.45) is 4.98. The van der Waals surface area contributed by atoms with E-state index in [2.05, 4.69) is 33.4 Å². The van der Waals surface area contributed by atoms with Crippen LogP contribution < -0.4 is 11.3 Å². The Bertz CT molecular complexity index is 479. The van der Waals surface area contributed by atoms with Gasteiger partial charge in [-0.05, 0) is 33.8 Å². The van der Waals surface area contributed by atoms with Gasteiger partial charge in [0, 0.05) is 27.7 Å². The first kappa shape index (κ1) is 12.8. The molecule has 0 radical (unpaired) electrons. The Morgan fingerprint density at radius 1 is 1.65 bits per heavy atom. The van der Waals surface area contributed by atoms with Crippen LogP contribution in [0, 0.1) is 0 Å². The molecule has 1 unspecified atom stereocenters. The molecule has 92 valence electrons. The van der Waals surface area contributed by atoms with E-state index in [9.17, 15) is 0 Å². The molecular weight excluding hydrogens is 300 g/mol. The van der Waals surface area contributed by atoms with E-state index < -0.39 is 0 Å². The quantitative estimate of drug-likeness (QED) is 0.659. The zero-order valence-corrected chi connectivity index (χ0v) is 12.0. The topological polar surface area (TPSA) is 55.9 Å². The number of nitrogens with one attached hydrogen (secondary N) is 1. The fraction of sp³-hybridized carbons (Fsp3) is 0.364. The molecule has 4 nitrogen and oxygen atoms in total. The third-order valence-corrected chi connectivity index (χ3v) is 4.45. The SMILES string of the molecule is CCCn1cc(C(NN)c2sccc2Br)cn1. The number of halogens is 1. The molecule has 3 N–H and O–H groups in total. The van der Waals surface area contributed by atoms with Crippen LogP contribution in [0.1, 0.15) is 29.8 Å². The highest BCUT2D eigenvalue weighted by Gasteiger charge is 2.18. The molecule has 0 bridgehead atoms. The van der Waals surface area contributed by atoms with Crippen LogP contribution in [-0.4, -0.2) is 9.78 Å². The summed E-state index contributed by atoms with van der Waals surface area (Å²) >= 11 is 5.20. The molecule has 0 aliphatic carbocycles. The fourth-order valence-electron chi connectivity index (χ4n) is 1.71. The van der Waals surface area contributed by atoms with Crippen molar-refractivity contribution in [3.8, 4) is 0 Å². The van der Waals surface area contributed by atoms with Gasteiger partial charge in [-0.25, -0.2) is 5.43 Å². The van der Waals surface area contributed by atoms with Gasteiger partial charge in [-0.3, -0.25) is 10.5 Å². The van der Waals surface area contributed by atoms with Crippen molar-refractivity contribution in [2.24, 2.45) is 5.84 Å². The van der Waals surface area contributed by atoms with E-state index in [1.807, 2.05) is 28.5 Å². The second-order valence-corrected chi connectivity index (χ2v) is 5.57. The van der Waals surface area contributed by atoms with Crippen LogP contribution in [-0.2, 0) is 6.54 Å². The highest BCUT2D eigenvalue weighted by molar-refractivity contribution is 9.10. The Labute approximate surface area is 113 Å². The molecule has 0 amide bonds. The first-order chi connectivity index (χ1) is 8.26. The summed E-state index contributed by atoms with van der Waals surface area (Å²) in [5.41, 5.74) is 3.93. The molecule has 2 heterocycles. The highest BCUT2D eigenvalue weighted by Crippen LogP contribution is 2.32. The molecular formula is C11H15BrN4S. The molecule has 1 atom stereocenters. The molecule has 0 aliphatic rings. The normalized spacial score (nSPS) is 12.9. The molecule has 0 saturated heterocycles. The van der Waals surface area contributed by atoms with Crippen molar-refractivity contribution < 1.29 is 0 Å². The van der Waals surface area contributed by atoms with Gasteiger partial charge in [0.1, 0.15) is 0 Å². The minimum Gasteiger partial charge on any atom is -0.272 e. The molecule has 0 aliphatic heterocycles. The minimum absolute atomic E-state index is 0.00465. The van der Waals surface area contributed by atoms with Crippen LogP contribution in [0.5, 0.6) is 0 Å². The van der Waals surface area contributed by atoms with E-state index in [0.29, 0.717) is 0 Å². The largest absolute Gasteiger partial charge is 0.272 e. The van der Waals surface area contributed by atoms with Crippen molar-refractivity contribution in [2.75, 3.05) is 0 Å². The van der Waals surface area contributed by atoms with Gasteiger partial charge in [0.15, 0.2) is 0 Å². The molecule has 0 aromatic carbocycles. The minimum atomic E-state index is -0.00465. The van der Waals surface area contributed by atoms with Gasteiger partial charge in [-0.1, -0.05) is 6.92 Å². The van der Waals surface area contributed by atoms with Gasteiger partial charge < -0.3 is 0 Å². The lowest BCUT2D eigenvalue weighted by Crippen LogP contribution is -2.28. The van der Waals surface area contributed by atoms with E-state index >= 15 is 0 Å². The fourth-order valence-corrected chi connectivity index (χ4v) is 3.40. The predicted octanol–water partition coefficient (Wildman–Crippen LogP) is 2.67. The van der Waals surface area contributed by atoms with E-state index in [0.717, 1.165) is 23.0 Å². The summed E-state index contributed by atoms with van der Waals surface area (Å²) in [6, 6.07) is 2.02. The maximum absolute atomic E-state index is 5.65. The number of hydrogen-bond acceptors (Lipinski definition) is 4. The van der Waals surface area contributed by atoms with Crippen LogP contribution in [0.4, 0.5) is 0 Å². The first-order valence-electron chi connectivity index (χ1n) is 5.47. The van der Waals surface area contributed by atoms with Crippen LogP contribution >= 0.6 is 27.3 Å². The van der Waals surface area contributed by atoms with Gasteiger partial charge in [0.25, 0.3) is 0 Å². The monoisotopic (exact) mass is 314 g/mol.